The molecule has 0 atom stereocenters. The van der Waals surface area contributed by atoms with Gasteiger partial charge < -0.3 is 0 Å². The molecule has 0 amide bonds. The monoisotopic (exact) mass is 350 g/mol. The molecule has 0 spiro atoms. The van der Waals surface area contributed by atoms with E-state index in [1.165, 1.54) is 37.1 Å². The molecule has 1 aromatic rings. The van der Waals surface area contributed by atoms with Crippen LogP contribution in [0.2, 0.25) is 0 Å². The summed E-state index contributed by atoms with van der Waals surface area (Å²) in [4.78, 5) is 0. The second-order valence-electron chi connectivity index (χ2n) is 5.59. The molecule has 0 bridgehead atoms. The van der Waals surface area contributed by atoms with Crippen molar-refractivity contribution in [2.75, 3.05) is 19.5 Å². The molecule has 0 aliphatic heterocycles. The Kier molecular flexibility index (Phi) is 5.25. The summed E-state index contributed by atoms with van der Waals surface area (Å²) in [6, 6.07) is 11.0. The van der Waals surface area contributed by atoms with Crippen molar-refractivity contribution >= 4 is 26.3 Å². The first-order chi connectivity index (χ1) is 7.41. The molecule has 0 nitrogen and oxygen atoms in total. The Bertz CT molecular complexity index is 311. The van der Waals surface area contributed by atoms with Crippen LogP contribution in [0.5, 0.6) is 0 Å². The van der Waals surface area contributed by atoms with Crippen molar-refractivity contribution in [1.82, 2.24) is 0 Å². The molecule has 0 N–H and O–H groups in total. The molecule has 0 saturated heterocycles. The van der Waals surface area contributed by atoms with Gasteiger partial charge in [0.1, 0.15) is 0 Å². The van der Waals surface area contributed by atoms with Crippen LogP contribution in [0.3, 0.4) is 0 Å². The molecule has 2 heteroatoms. The number of halogens is 1. The van der Waals surface area contributed by atoms with Crippen LogP contribution in [0.1, 0.15) is 31.7 Å². The number of unbranched alkanes of at least 4 members (excludes halogenated alkanes) is 2. The zero-order chi connectivity index (χ0) is 12.1. The van der Waals surface area contributed by atoms with E-state index < -0.39 is 4.25 Å². The first-order valence-corrected chi connectivity index (χ1v) is 12.5. The Labute approximate surface area is 114 Å². The first kappa shape index (κ1) is 14.4. The summed E-state index contributed by atoms with van der Waals surface area (Å²) in [7, 11) is 0. The van der Waals surface area contributed by atoms with Gasteiger partial charge in [0.25, 0.3) is 0 Å². The Balaban J connectivity index is 2.61. The molecule has 0 aliphatic carbocycles. The van der Waals surface area contributed by atoms with Gasteiger partial charge in [0, 0.05) is 0 Å². The predicted molar refractivity (Wildman–Crippen MR) is 87.3 cm³/mol. The summed E-state index contributed by atoms with van der Waals surface area (Å²) in [5.74, 6) is 0. The molecule has 0 aliphatic rings. The molecule has 1 rings (SSSR count). The predicted octanol–water partition coefficient (Wildman–Crippen LogP) is 5.54. The zero-order valence-electron chi connectivity index (χ0n) is 10.7. The topological polar surface area (TPSA) is 0 Å². The van der Waals surface area contributed by atoms with Crippen LogP contribution >= 0.6 is 26.3 Å². The van der Waals surface area contributed by atoms with Gasteiger partial charge in [-0.2, -0.15) is 0 Å². The average Bonchev–Trinajstić information content (AvgIpc) is 2.17. The van der Waals surface area contributed by atoms with Crippen LogP contribution in [0.4, 0.5) is 0 Å². The van der Waals surface area contributed by atoms with Gasteiger partial charge in [-0.3, -0.25) is 0 Å². The molecule has 0 unspecified atom stereocenters. The summed E-state index contributed by atoms with van der Waals surface area (Å²) in [5.41, 5.74) is 1.51. The van der Waals surface area contributed by atoms with Gasteiger partial charge in [0.05, 0.1) is 0 Å². The van der Waals surface area contributed by atoms with E-state index in [2.05, 4.69) is 72.6 Å². The van der Waals surface area contributed by atoms with E-state index >= 15 is 0 Å². The number of benzene rings is 1. The van der Waals surface area contributed by atoms with Crippen LogP contribution in [0.15, 0.2) is 30.3 Å². The SMILES string of the molecule is CCCCCP(C)(C)(I)Cc1ccccc1. The van der Waals surface area contributed by atoms with Crippen LogP contribution in [-0.2, 0) is 6.16 Å². The Morgan fingerprint density at radius 1 is 1.06 bits per heavy atom. The number of rotatable bonds is 6. The first-order valence-electron chi connectivity index (χ1n) is 6.17. The van der Waals surface area contributed by atoms with E-state index in [1.54, 1.807) is 0 Å². The Morgan fingerprint density at radius 3 is 2.25 bits per heavy atom. The van der Waals surface area contributed by atoms with Gasteiger partial charge in [-0.05, 0) is 0 Å². The van der Waals surface area contributed by atoms with Gasteiger partial charge in [-0.15, -0.1) is 0 Å². The van der Waals surface area contributed by atoms with E-state index in [9.17, 15) is 0 Å². The average molecular weight is 350 g/mol. The van der Waals surface area contributed by atoms with Gasteiger partial charge in [0.15, 0.2) is 0 Å². The van der Waals surface area contributed by atoms with E-state index in [4.69, 9.17) is 0 Å². The third-order valence-electron chi connectivity index (χ3n) is 2.96. The summed E-state index contributed by atoms with van der Waals surface area (Å²) in [6.45, 7) is 7.33. The fourth-order valence-electron chi connectivity index (χ4n) is 2.08. The second kappa shape index (κ2) is 5.82. The van der Waals surface area contributed by atoms with Crippen molar-refractivity contribution in [3.63, 3.8) is 0 Å². The van der Waals surface area contributed by atoms with Gasteiger partial charge in [0.2, 0.25) is 0 Å². The Morgan fingerprint density at radius 2 is 1.69 bits per heavy atom. The van der Waals surface area contributed by atoms with Crippen LogP contribution in [0, 0.1) is 0 Å². The van der Waals surface area contributed by atoms with Crippen molar-refractivity contribution in [1.29, 1.82) is 0 Å². The second-order valence-corrected chi connectivity index (χ2v) is 21.3. The molecular formula is C14H24IP. The Hall–Kier alpha value is 0.380. The zero-order valence-corrected chi connectivity index (χ0v) is 13.8. The van der Waals surface area contributed by atoms with E-state index in [0.717, 1.165) is 0 Å². The van der Waals surface area contributed by atoms with Crippen LogP contribution in [0.25, 0.3) is 0 Å². The third-order valence-corrected chi connectivity index (χ3v) is 8.47. The molecular weight excluding hydrogens is 326 g/mol. The maximum atomic E-state index is 2.78. The van der Waals surface area contributed by atoms with Gasteiger partial charge in [-0.25, -0.2) is 0 Å². The minimum atomic E-state index is -1.48. The van der Waals surface area contributed by atoms with Crippen LogP contribution < -0.4 is 0 Å². The third kappa shape index (κ3) is 5.63. The summed E-state index contributed by atoms with van der Waals surface area (Å²) in [6.07, 6.45) is 6.83. The molecule has 0 aromatic heterocycles. The maximum absolute atomic E-state index is 2.78. The van der Waals surface area contributed by atoms with E-state index in [-0.39, 0.29) is 0 Å². The fraction of sp³-hybridized carbons (Fsp3) is 0.571. The number of hydrogen-bond donors (Lipinski definition) is 0. The molecule has 16 heavy (non-hydrogen) atoms. The standard InChI is InChI=1S/C14H24IP/c1-4-5-9-12-16(2,3,15)13-14-10-7-6-8-11-14/h6-8,10-11H,4-5,9,12-13H2,1-3H3. The quantitative estimate of drug-likeness (QED) is 0.359. The van der Waals surface area contributed by atoms with E-state index in [0.29, 0.717) is 0 Å². The molecule has 0 heterocycles. The van der Waals surface area contributed by atoms with Gasteiger partial charge >= 0.3 is 114 Å². The van der Waals surface area contributed by atoms with Crippen molar-refractivity contribution < 1.29 is 0 Å². The molecule has 1 aromatic carbocycles. The summed E-state index contributed by atoms with van der Waals surface area (Å²) < 4.78 is -1.48. The summed E-state index contributed by atoms with van der Waals surface area (Å²) in [5, 5.41) is 0. The van der Waals surface area contributed by atoms with Crippen molar-refractivity contribution in [2.45, 2.75) is 32.3 Å². The van der Waals surface area contributed by atoms with Crippen molar-refractivity contribution in [3.05, 3.63) is 35.9 Å². The molecule has 0 fully saturated rings. The number of hydrogen-bond acceptors (Lipinski definition) is 0. The summed E-state index contributed by atoms with van der Waals surface area (Å²) >= 11 is 2.78. The van der Waals surface area contributed by atoms with Crippen molar-refractivity contribution in [2.24, 2.45) is 0 Å². The van der Waals surface area contributed by atoms with Crippen molar-refractivity contribution in [3.8, 4) is 0 Å². The van der Waals surface area contributed by atoms with Crippen LogP contribution in [-0.4, -0.2) is 19.5 Å². The normalized spacial score (nSPS) is 14.4. The van der Waals surface area contributed by atoms with E-state index in [1.807, 2.05) is 0 Å². The molecule has 0 saturated carbocycles. The molecule has 92 valence electrons. The molecule has 0 radical (unpaired) electrons. The fourth-order valence-corrected chi connectivity index (χ4v) is 6.98. The minimum absolute atomic E-state index is 1.29. The van der Waals surface area contributed by atoms with Gasteiger partial charge in [-0.1, -0.05) is 0 Å².